The van der Waals surface area contributed by atoms with Gasteiger partial charge in [0.25, 0.3) is 6.47 Å². The zero-order valence-corrected chi connectivity index (χ0v) is 22.9. The molecule has 0 atom stereocenters. The molecule has 9 nitrogen and oxygen atoms in total. The largest absolute Gasteiger partial charge is 0.462 e. The Morgan fingerprint density at radius 1 is 1.16 bits per heavy atom. The summed E-state index contributed by atoms with van der Waals surface area (Å²) in [5.74, 6) is 1.16. The van der Waals surface area contributed by atoms with Crippen LogP contribution in [0.1, 0.15) is 39.7 Å². The summed E-state index contributed by atoms with van der Waals surface area (Å²) in [6.07, 6.45) is 9.97. The molecule has 0 unspecified atom stereocenters. The van der Waals surface area contributed by atoms with Crippen LogP contribution in [-0.2, 0) is 9.53 Å². The Balaban J connectivity index is 0.000000374. The highest BCUT2D eigenvalue weighted by molar-refractivity contribution is 7.13. The Hall–Kier alpha value is -3.76. The van der Waals surface area contributed by atoms with Gasteiger partial charge >= 0.3 is 0 Å². The Kier molecular flexibility index (Phi) is 7.18. The second kappa shape index (κ2) is 10.5. The van der Waals surface area contributed by atoms with Crippen molar-refractivity contribution in [1.82, 2.24) is 24.0 Å². The summed E-state index contributed by atoms with van der Waals surface area (Å²) in [5, 5.41) is 6.73. The van der Waals surface area contributed by atoms with Crippen LogP contribution in [-0.4, -0.2) is 56.2 Å². The van der Waals surface area contributed by atoms with Gasteiger partial charge in [0, 0.05) is 46.1 Å². The molecule has 10 heteroatoms. The minimum atomic E-state index is -0.318. The van der Waals surface area contributed by atoms with E-state index in [9.17, 15) is 4.79 Å². The molecule has 1 aromatic carbocycles. The number of fused-ring (bicyclic) bond motifs is 2. The third-order valence-electron chi connectivity index (χ3n) is 6.61. The Bertz CT molecular complexity index is 1560. The maximum Gasteiger partial charge on any atom is 0.293 e. The van der Waals surface area contributed by atoms with Crippen molar-refractivity contribution in [2.75, 3.05) is 25.9 Å². The molecule has 5 heterocycles. The highest BCUT2D eigenvalue weighted by Crippen LogP contribution is 2.39. The molecule has 4 aromatic heterocycles. The van der Waals surface area contributed by atoms with Crippen LogP contribution in [0.25, 0.3) is 43.5 Å². The van der Waals surface area contributed by atoms with Crippen molar-refractivity contribution >= 4 is 44.9 Å². The number of hydrogen-bond donors (Lipinski definition) is 1. The summed E-state index contributed by atoms with van der Waals surface area (Å²) < 4.78 is 18.3. The molecule has 0 radical (unpaired) electrons. The van der Waals surface area contributed by atoms with E-state index in [-0.39, 0.29) is 5.60 Å². The summed E-state index contributed by atoms with van der Waals surface area (Å²) in [4.78, 5) is 16.4. The van der Waals surface area contributed by atoms with Crippen LogP contribution < -0.4 is 5.73 Å². The van der Waals surface area contributed by atoms with Crippen LogP contribution in [0, 0.1) is 0 Å². The normalized spacial score (nSPS) is 14.9. The Labute approximate surface area is 225 Å². The van der Waals surface area contributed by atoms with Crippen molar-refractivity contribution in [3.8, 4) is 22.5 Å². The number of hydrogen-bond acceptors (Lipinski definition) is 9. The van der Waals surface area contributed by atoms with Gasteiger partial charge in [0.15, 0.2) is 11.4 Å². The van der Waals surface area contributed by atoms with E-state index < -0.39 is 0 Å². The average molecular weight is 533 g/mol. The van der Waals surface area contributed by atoms with Gasteiger partial charge in [-0.2, -0.15) is 9.47 Å². The molecule has 1 aliphatic rings. The zero-order chi connectivity index (χ0) is 26.9. The van der Waals surface area contributed by atoms with Gasteiger partial charge in [-0.15, -0.1) is 0 Å². The lowest BCUT2D eigenvalue weighted by molar-refractivity contribution is -0.138. The first kappa shape index (κ1) is 25.9. The number of ether oxygens (including phenoxy) is 1. The minimum Gasteiger partial charge on any atom is -0.462 e. The van der Waals surface area contributed by atoms with Crippen molar-refractivity contribution in [2.24, 2.45) is 0 Å². The topological polar surface area (TPSA) is 112 Å². The number of furan rings is 1. The summed E-state index contributed by atoms with van der Waals surface area (Å²) in [6.45, 7) is 8.12. The number of carbonyl (C=O) groups excluding carboxylic acids is 1. The van der Waals surface area contributed by atoms with Gasteiger partial charge in [-0.25, -0.2) is 4.98 Å². The Morgan fingerprint density at radius 2 is 1.95 bits per heavy atom. The molecule has 1 aliphatic heterocycles. The molecule has 0 saturated carbocycles. The molecule has 198 valence electrons. The van der Waals surface area contributed by atoms with E-state index in [0.29, 0.717) is 23.9 Å². The highest BCUT2D eigenvalue weighted by atomic mass is 32.1. The number of likely N-dealkylation sites (tertiary alicyclic amines) is 1. The van der Waals surface area contributed by atoms with E-state index in [1.165, 1.54) is 11.5 Å². The summed E-state index contributed by atoms with van der Waals surface area (Å²) >= 11 is 1.47. The van der Waals surface area contributed by atoms with E-state index in [1.807, 2.05) is 45.4 Å². The zero-order valence-electron chi connectivity index (χ0n) is 22.0. The lowest BCUT2D eigenvalue weighted by Gasteiger charge is -2.28. The monoisotopic (exact) mass is 532 g/mol. The fourth-order valence-electron chi connectivity index (χ4n) is 4.58. The smallest absolute Gasteiger partial charge is 0.293 e. The van der Waals surface area contributed by atoms with E-state index >= 15 is 0 Å². The molecule has 5 aromatic rings. The van der Waals surface area contributed by atoms with Crippen molar-refractivity contribution in [3.05, 3.63) is 49.1 Å². The van der Waals surface area contributed by atoms with Crippen LogP contribution in [0.3, 0.4) is 0 Å². The molecule has 1 saturated heterocycles. The van der Waals surface area contributed by atoms with E-state index in [2.05, 4.69) is 60.2 Å². The van der Waals surface area contributed by atoms with Gasteiger partial charge < -0.3 is 19.8 Å². The number of carbonyl (C=O) groups is 1. The van der Waals surface area contributed by atoms with Gasteiger partial charge in [-0.05, 0) is 77.4 Å². The summed E-state index contributed by atoms with van der Waals surface area (Å²) in [5.41, 5.74) is 9.50. The molecule has 38 heavy (non-hydrogen) atoms. The Morgan fingerprint density at radius 3 is 2.66 bits per heavy atom. The number of anilines is 1. The summed E-state index contributed by atoms with van der Waals surface area (Å²) in [7, 11) is 2.17. The van der Waals surface area contributed by atoms with E-state index in [0.717, 1.165) is 63.9 Å². The average Bonchev–Trinajstić information content (AvgIpc) is 3.64. The first-order chi connectivity index (χ1) is 18.2. The number of piperidine rings is 1. The molecule has 0 spiro atoms. The first-order valence-electron chi connectivity index (χ1n) is 12.6. The lowest BCUT2D eigenvalue weighted by atomic mass is 10.0. The maximum absolute atomic E-state index is 9.60. The second-order valence-corrected chi connectivity index (χ2v) is 11.3. The number of aromatic nitrogens is 4. The molecule has 0 amide bonds. The number of nitrogens with two attached hydrogens (primary N) is 1. The van der Waals surface area contributed by atoms with Crippen LogP contribution >= 0.6 is 11.5 Å². The van der Waals surface area contributed by atoms with Gasteiger partial charge in [0.1, 0.15) is 11.4 Å². The van der Waals surface area contributed by atoms with E-state index in [1.54, 1.807) is 0 Å². The minimum absolute atomic E-state index is 0.318. The molecule has 1 fully saturated rings. The van der Waals surface area contributed by atoms with Gasteiger partial charge in [-0.3, -0.25) is 9.48 Å². The number of benzene rings is 1. The molecular weight excluding hydrogens is 500 g/mol. The number of nitrogens with zero attached hydrogens (tertiary/aromatic N) is 5. The highest BCUT2D eigenvalue weighted by Gasteiger charge is 2.21. The van der Waals surface area contributed by atoms with Crippen LogP contribution in [0.2, 0.25) is 0 Å². The first-order valence-corrected chi connectivity index (χ1v) is 13.4. The number of pyridine rings is 1. The number of nitrogen functional groups attached to an aromatic ring is 1. The van der Waals surface area contributed by atoms with Gasteiger partial charge in [-0.1, -0.05) is 12.1 Å². The maximum atomic E-state index is 9.60. The van der Waals surface area contributed by atoms with Crippen LogP contribution in [0.15, 0.2) is 53.5 Å². The van der Waals surface area contributed by atoms with Crippen LogP contribution in [0.5, 0.6) is 0 Å². The van der Waals surface area contributed by atoms with E-state index in [4.69, 9.17) is 10.2 Å². The van der Waals surface area contributed by atoms with Gasteiger partial charge in [0.2, 0.25) is 0 Å². The quantitative estimate of drug-likeness (QED) is 0.290. The third-order valence-corrected chi connectivity index (χ3v) is 7.46. The van der Waals surface area contributed by atoms with Crippen LogP contribution in [0.4, 0.5) is 5.82 Å². The second-order valence-electron chi connectivity index (χ2n) is 10.5. The third kappa shape index (κ3) is 5.41. The number of rotatable bonds is 4. The van der Waals surface area contributed by atoms with Crippen molar-refractivity contribution in [1.29, 1.82) is 0 Å². The van der Waals surface area contributed by atoms with Crippen molar-refractivity contribution in [2.45, 2.75) is 45.3 Å². The fourth-order valence-corrected chi connectivity index (χ4v) is 5.34. The molecule has 6 rings (SSSR count). The predicted molar refractivity (Wildman–Crippen MR) is 151 cm³/mol. The molecule has 2 N–H and O–H groups in total. The summed E-state index contributed by atoms with van der Waals surface area (Å²) in [6, 6.07) is 8.63. The van der Waals surface area contributed by atoms with Gasteiger partial charge in [0.05, 0.1) is 16.9 Å². The lowest BCUT2D eigenvalue weighted by Crippen LogP contribution is -2.31. The molecule has 0 aliphatic carbocycles. The van der Waals surface area contributed by atoms with Crippen molar-refractivity contribution in [3.63, 3.8) is 0 Å². The molecule has 0 bridgehead atoms. The molecular formula is C28H32N6O3S. The standard InChI is InChI=1S/C23H22N6OS.C5H10O2/c1-28-7-5-16(6-8-28)29-13-15(10-26-29)19-12-25-23(24)21-18(19)9-20(30-21)17-4-2-3-14-11-27-31-22(14)17;1-5(2,3)7-4-6/h2-4,9-13,16H,5-8H2,1H3,(H2,24,25);4H,1-3H3. The van der Waals surface area contributed by atoms with Crippen molar-refractivity contribution < 1.29 is 13.9 Å². The SMILES string of the molecule is CC(C)(C)OC=O.CN1CCC(n2cc(-c3cnc(N)c4oc(-c5cccc6cnsc56)cc34)cn2)CC1. The fraction of sp³-hybridized carbons (Fsp3) is 0.357. The predicted octanol–water partition coefficient (Wildman–Crippen LogP) is 5.77.